The smallest absolute Gasteiger partial charge is 0.379 e. The Kier molecular flexibility index (Phi) is 8.41. The number of amides is 1. The largest absolute Gasteiger partial charge is 0.416 e. The maximum absolute atomic E-state index is 12.9. The number of halogens is 4. The zero-order valence-electron chi connectivity index (χ0n) is 14.0. The van der Waals surface area contributed by atoms with E-state index in [1.54, 1.807) is 0 Å². The molecule has 2 aromatic rings. The van der Waals surface area contributed by atoms with Crippen LogP contribution in [-0.4, -0.2) is 12.5 Å². The van der Waals surface area contributed by atoms with Crippen molar-refractivity contribution in [3.63, 3.8) is 0 Å². The maximum atomic E-state index is 12.9. The topological polar surface area (TPSA) is 67.2 Å². The zero-order valence-corrected chi connectivity index (χ0v) is 14.8. The Morgan fingerprint density at radius 2 is 1.73 bits per heavy atom. The predicted molar refractivity (Wildman–Crippen MR) is 99.4 cm³/mol. The van der Waals surface area contributed by atoms with Crippen LogP contribution in [0.2, 0.25) is 0 Å². The lowest BCUT2D eigenvalue weighted by Crippen LogP contribution is -2.16. The lowest BCUT2D eigenvalue weighted by atomic mass is 10.1. The molecule has 4 N–H and O–H groups in total. The van der Waals surface area contributed by atoms with E-state index in [9.17, 15) is 18.0 Å². The molecule has 0 saturated carbocycles. The van der Waals surface area contributed by atoms with Gasteiger partial charge in [-0.2, -0.15) is 13.2 Å². The Hall–Kier alpha value is -2.25. The number of nitrogens with one attached hydrogen (secondary N) is 2. The van der Waals surface area contributed by atoms with Crippen LogP contribution in [0.15, 0.2) is 48.5 Å². The molecule has 0 aliphatic heterocycles. The fourth-order valence-electron chi connectivity index (χ4n) is 2.25. The average Bonchev–Trinajstić information content (AvgIpc) is 2.59. The third kappa shape index (κ3) is 6.57. The number of nitrogens with two attached hydrogens (primary N) is 1. The van der Waals surface area contributed by atoms with Gasteiger partial charge in [0.25, 0.3) is 0 Å². The summed E-state index contributed by atoms with van der Waals surface area (Å²) in [4.78, 5) is 11.9. The third-order valence-corrected chi connectivity index (χ3v) is 3.55. The zero-order chi connectivity index (χ0) is 18.3. The Labute approximate surface area is 156 Å². The van der Waals surface area contributed by atoms with Crippen molar-refractivity contribution in [1.29, 1.82) is 0 Å². The lowest BCUT2D eigenvalue weighted by molar-refractivity contribution is -0.137. The fraction of sp³-hybridized carbons (Fsp3) is 0.278. The van der Waals surface area contributed by atoms with Crippen molar-refractivity contribution in [2.75, 3.05) is 17.2 Å². The van der Waals surface area contributed by atoms with Crippen molar-refractivity contribution in [3.8, 4) is 0 Å². The molecule has 0 aliphatic carbocycles. The highest BCUT2D eigenvalue weighted by atomic mass is 35.5. The van der Waals surface area contributed by atoms with Gasteiger partial charge in [-0.15, -0.1) is 12.4 Å². The molecule has 0 spiro atoms. The van der Waals surface area contributed by atoms with Crippen LogP contribution >= 0.6 is 12.4 Å². The second-order valence-electron chi connectivity index (χ2n) is 5.54. The minimum atomic E-state index is -4.48. The van der Waals surface area contributed by atoms with E-state index < -0.39 is 11.7 Å². The molecule has 2 rings (SSSR count). The third-order valence-electron chi connectivity index (χ3n) is 3.55. The van der Waals surface area contributed by atoms with Crippen LogP contribution in [0.25, 0.3) is 0 Å². The second kappa shape index (κ2) is 10.0. The van der Waals surface area contributed by atoms with Crippen molar-refractivity contribution < 1.29 is 18.0 Å². The summed E-state index contributed by atoms with van der Waals surface area (Å²) in [6.45, 7) is 0.771. The Balaban J connectivity index is 0.00000338. The summed E-state index contributed by atoms with van der Waals surface area (Å²) in [5.41, 5.74) is 6.05. The molecule has 0 radical (unpaired) electrons. The summed E-state index contributed by atoms with van der Waals surface area (Å²) in [6, 6.07) is 12.7. The molecule has 0 fully saturated rings. The monoisotopic (exact) mass is 387 g/mol. The summed E-state index contributed by atoms with van der Waals surface area (Å²) < 4.78 is 38.8. The van der Waals surface area contributed by atoms with Crippen molar-refractivity contribution in [3.05, 3.63) is 59.7 Å². The molecule has 2 aromatic carbocycles. The lowest BCUT2D eigenvalue weighted by Gasteiger charge is -2.16. The molecule has 0 atom stereocenters. The van der Waals surface area contributed by atoms with E-state index in [1.165, 1.54) is 6.07 Å². The number of hydrogen-bond acceptors (Lipinski definition) is 3. The molecule has 0 aromatic heterocycles. The minimum absolute atomic E-state index is 0. The first kappa shape index (κ1) is 21.8. The normalized spacial score (nSPS) is 10.8. The summed E-state index contributed by atoms with van der Waals surface area (Å²) in [6.07, 6.45) is -3.85. The van der Waals surface area contributed by atoms with Gasteiger partial charge in [0.2, 0.25) is 5.91 Å². The van der Waals surface area contributed by atoms with Gasteiger partial charge in [-0.25, -0.2) is 0 Å². The van der Waals surface area contributed by atoms with Crippen molar-refractivity contribution in [2.45, 2.75) is 25.6 Å². The Morgan fingerprint density at radius 1 is 1.04 bits per heavy atom. The van der Waals surface area contributed by atoms with Gasteiger partial charge in [-0.1, -0.05) is 30.3 Å². The summed E-state index contributed by atoms with van der Waals surface area (Å²) >= 11 is 0. The van der Waals surface area contributed by atoms with Crippen LogP contribution < -0.4 is 16.4 Å². The van der Waals surface area contributed by atoms with E-state index >= 15 is 0 Å². The van der Waals surface area contributed by atoms with E-state index in [4.69, 9.17) is 5.73 Å². The van der Waals surface area contributed by atoms with E-state index in [-0.39, 0.29) is 30.4 Å². The van der Waals surface area contributed by atoms with Gasteiger partial charge in [-0.3, -0.25) is 4.79 Å². The number of alkyl halides is 3. The second-order valence-corrected chi connectivity index (χ2v) is 5.54. The number of anilines is 2. The van der Waals surface area contributed by atoms with Gasteiger partial charge in [0, 0.05) is 13.0 Å². The standard InChI is InChI=1S/C18H20F3N3O.ClH/c19-18(20,21)14-8-9-15(23-12-13-5-2-1-3-6-13)16(11-14)24-17(25)7-4-10-22;/h1-3,5-6,8-9,11,23H,4,7,10,12,22H2,(H,24,25);1H. The fourth-order valence-corrected chi connectivity index (χ4v) is 2.25. The van der Waals surface area contributed by atoms with Gasteiger partial charge < -0.3 is 16.4 Å². The quantitative estimate of drug-likeness (QED) is 0.659. The first-order valence-electron chi connectivity index (χ1n) is 7.89. The summed E-state index contributed by atoms with van der Waals surface area (Å²) in [5, 5.41) is 5.60. The highest BCUT2D eigenvalue weighted by Crippen LogP contribution is 2.34. The van der Waals surface area contributed by atoms with E-state index in [2.05, 4.69) is 10.6 Å². The number of carbonyl (C=O) groups is 1. The van der Waals surface area contributed by atoms with Gasteiger partial charge in [0.15, 0.2) is 0 Å². The molecular weight excluding hydrogens is 367 g/mol. The van der Waals surface area contributed by atoms with Gasteiger partial charge in [0.05, 0.1) is 16.9 Å². The van der Waals surface area contributed by atoms with Crippen LogP contribution in [0, 0.1) is 0 Å². The molecule has 0 bridgehead atoms. The molecule has 8 heteroatoms. The van der Waals surface area contributed by atoms with Crippen molar-refractivity contribution in [1.82, 2.24) is 0 Å². The highest BCUT2D eigenvalue weighted by Gasteiger charge is 2.31. The van der Waals surface area contributed by atoms with Crippen LogP contribution in [0.3, 0.4) is 0 Å². The van der Waals surface area contributed by atoms with Crippen molar-refractivity contribution in [2.24, 2.45) is 5.73 Å². The number of benzene rings is 2. The molecule has 1 amide bonds. The summed E-state index contributed by atoms with van der Waals surface area (Å²) in [5.74, 6) is -0.368. The molecule has 142 valence electrons. The van der Waals surface area contributed by atoms with E-state index in [0.29, 0.717) is 25.2 Å². The molecule has 0 unspecified atom stereocenters. The van der Waals surface area contributed by atoms with Crippen LogP contribution in [-0.2, 0) is 17.5 Å². The first-order valence-corrected chi connectivity index (χ1v) is 7.89. The molecular formula is C18H21ClF3N3O. The van der Waals surface area contributed by atoms with Gasteiger partial charge >= 0.3 is 6.18 Å². The SMILES string of the molecule is Cl.NCCCC(=O)Nc1cc(C(F)(F)F)ccc1NCc1ccccc1. The van der Waals surface area contributed by atoms with E-state index in [0.717, 1.165) is 17.7 Å². The number of carbonyl (C=O) groups excluding carboxylic acids is 1. The van der Waals surface area contributed by atoms with Crippen LogP contribution in [0.1, 0.15) is 24.0 Å². The Bertz CT molecular complexity index is 709. The molecule has 0 heterocycles. The molecule has 0 aliphatic rings. The molecule has 26 heavy (non-hydrogen) atoms. The van der Waals surface area contributed by atoms with E-state index in [1.807, 2.05) is 30.3 Å². The highest BCUT2D eigenvalue weighted by molar-refractivity contribution is 5.94. The number of rotatable bonds is 7. The predicted octanol–water partition coefficient (Wildman–Crippen LogP) is 4.42. The summed E-state index contributed by atoms with van der Waals surface area (Å²) in [7, 11) is 0. The minimum Gasteiger partial charge on any atom is -0.379 e. The average molecular weight is 388 g/mol. The van der Waals surface area contributed by atoms with Gasteiger partial charge in [0.1, 0.15) is 0 Å². The number of hydrogen-bond donors (Lipinski definition) is 3. The molecule has 0 saturated heterocycles. The van der Waals surface area contributed by atoms with Crippen LogP contribution in [0.5, 0.6) is 0 Å². The molecule has 4 nitrogen and oxygen atoms in total. The Morgan fingerprint density at radius 3 is 2.35 bits per heavy atom. The van der Waals surface area contributed by atoms with Gasteiger partial charge in [-0.05, 0) is 36.7 Å². The maximum Gasteiger partial charge on any atom is 0.416 e. The van der Waals surface area contributed by atoms with Crippen molar-refractivity contribution >= 4 is 29.7 Å². The first-order chi connectivity index (χ1) is 11.9. The van der Waals surface area contributed by atoms with Crippen LogP contribution in [0.4, 0.5) is 24.5 Å².